The molecular weight excluding hydrogens is 700 g/mol. The van der Waals surface area contributed by atoms with Crippen LogP contribution in [0.2, 0.25) is 5.02 Å². The number of anilines is 1. The fourth-order valence-corrected chi connectivity index (χ4v) is 6.86. The molecule has 0 aliphatic carbocycles. The van der Waals surface area contributed by atoms with Crippen molar-refractivity contribution in [3.63, 3.8) is 0 Å². The largest absolute Gasteiger partial charge is 0.444 e. The number of ether oxygens (including phenoxy) is 1. The Morgan fingerprint density at radius 3 is 2.40 bits per heavy atom. The highest BCUT2D eigenvalue weighted by molar-refractivity contribution is 6.30. The number of likely N-dealkylation sites (N-methyl/N-ethyl adjacent to an activating group) is 2. The summed E-state index contributed by atoms with van der Waals surface area (Å²) in [7, 11) is 3.29. The molecule has 1 saturated heterocycles. The second kappa shape index (κ2) is 18.4. The van der Waals surface area contributed by atoms with Gasteiger partial charge >= 0.3 is 6.09 Å². The number of nitrogens with zero attached hydrogens (tertiary/aromatic N) is 4. The maximum atomic E-state index is 14.1. The van der Waals surface area contributed by atoms with Crippen LogP contribution in [0.4, 0.5) is 10.5 Å². The van der Waals surface area contributed by atoms with Crippen LogP contribution in [0.3, 0.4) is 0 Å². The number of carbonyl (C=O) groups is 5. The molecule has 53 heavy (non-hydrogen) atoms. The number of aromatic nitrogens is 1. The fraction of sp³-hybridized carbons (Fsp3) is 0.538. The Labute approximate surface area is 316 Å². The number of benzene rings is 1. The molecule has 3 heterocycles. The molecule has 2 N–H and O–H groups in total. The predicted molar refractivity (Wildman–Crippen MR) is 205 cm³/mol. The number of rotatable bonds is 5. The highest BCUT2D eigenvalue weighted by Crippen LogP contribution is 2.30. The second-order valence-corrected chi connectivity index (χ2v) is 15.2. The first kappa shape index (κ1) is 41.1. The van der Waals surface area contributed by atoms with E-state index in [9.17, 15) is 28.8 Å². The molecule has 1 unspecified atom stereocenters. The third-order valence-electron chi connectivity index (χ3n) is 9.64. The first-order chi connectivity index (χ1) is 25.1. The van der Waals surface area contributed by atoms with Crippen molar-refractivity contribution >= 4 is 52.6 Å². The van der Waals surface area contributed by atoms with Crippen LogP contribution in [0.1, 0.15) is 89.8 Å². The summed E-state index contributed by atoms with van der Waals surface area (Å²) in [4.78, 5) is 84.4. The molecule has 14 heteroatoms. The van der Waals surface area contributed by atoms with Crippen LogP contribution < -0.4 is 16.2 Å². The Morgan fingerprint density at radius 1 is 1.00 bits per heavy atom. The summed E-state index contributed by atoms with van der Waals surface area (Å²) >= 11 is 6.48. The fourth-order valence-electron chi connectivity index (χ4n) is 6.66. The van der Waals surface area contributed by atoms with Gasteiger partial charge in [0.05, 0.1) is 6.54 Å². The highest BCUT2D eigenvalue weighted by Gasteiger charge is 2.32. The molecule has 2 atom stereocenters. The molecule has 0 spiro atoms. The van der Waals surface area contributed by atoms with Crippen LogP contribution in [0.5, 0.6) is 0 Å². The Balaban J connectivity index is 1.60. The molecule has 2 aliphatic heterocycles. The standard InChI is InChI=1S/C39H53ClN6O7/c1-26(47)45-21-17-27(18-22-45)30-16-15-29(40)23-28(30)24-33-37(51)43(5)19-11-9-7-8-10-14-32(35(49)41-25-34(48)44(33)6)46-20-12-13-31(36(46)50)42-38(52)53-39(2,3)4/h12-13,15-17,20,23,32-33H,7-11,14,18-19,21-22,24-25H2,1-6H3,(H,41,49)(H,42,52)/t32?,33-/m0/s1. The molecule has 1 aromatic carbocycles. The van der Waals surface area contributed by atoms with E-state index in [1.54, 1.807) is 63.7 Å². The number of halogens is 1. The third-order valence-corrected chi connectivity index (χ3v) is 9.87. The van der Waals surface area contributed by atoms with Gasteiger partial charge in [0, 0.05) is 58.3 Å². The van der Waals surface area contributed by atoms with Crippen LogP contribution in [-0.2, 0) is 30.3 Å². The summed E-state index contributed by atoms with van der Waals surface area (Å²) in [5.41, 5.74) is 1.35. The Bertz CT molecular complexity index is 1770. The lowest BCUT2D eigenvalue weighted by atomic mass is 9.91. The van der Waals surface area contributed by atoms with Crippen LogP contribution in [0.25, 0.3) is 5.57 Å². The van der Waals surface area contributed by atoms with Gasteiger partial charge in [0.25, 0.3) is 5.56 Å². The smallest absolute Gasteiger partial charge is 0.412 e. The summed E-state index contributed by atoms with van der Waals surface area (Å²) < 4.78 is 6.58. The number of carbonyl (C=O) groups excluding carboxylic acids is 5. The van der Waals surface area contributed by atoms with Crippen molar-refractivity contribution in [2.45, 2.75) is 96.7 Å². The van der Waals surface area contributed by atoms with Gasteiger partial charge in [-0.05, 0) is 81.0 Å². The summed E-state index contributed by atoms with van der Waals surface area (Å²) in [6.07, 6.45) is 7.79. The van der Waals surface area contributed by atoms with Crippen LogP contribution in [0, 0.1) is 0 Å². The van der Waals surface area contributed by atoms with Gasteiger partial charge < -0.3 is 29.3 Å². The van der Waals surface area contributed by atoms with Crippen LogP contribution >= 0.6 is 11.6 Å². The van der Waals surface area contributed by atoms with Crippen molar-refractivity contribution in [2.24, 2.45) is 0 Å². The SMILES string of the molecule is CC(=O)N1CC=C(c2ccc(Cl)cc2C[C@H]2C(=O)N(C)CCCCCCCC(n3cccc(NC(=O)OC(C)(C)C)c3=O)C(=O)NCC(=O)N2C)CC1. The monoisotopic (exact) mass is 752 g/mol. The number of pyridine rings is 1. The summed E-state index contributed by atoms with van der Waals surface area (Å²) in [5.74, 6) is -1.24. The lowest BCUT2D eigenvalue weighted by Crippen LogP contribution is -2.52. The van der Waals surface area contributed by atoms with E-state index in [1.807, 2.05) is 18.2 Å². The third kappa shape index (κ3) is 11.4. The van der Waals surface area contributed by atoms with Crippen LogP contribution in [0.15, 0.2) is 47.4 Å². The Morgan fingerprint density at radius 2 is 1.72 bits per heavy atom. The van der Waals surface area contributed by atoms with E-state index in [0.29, 0.717) is 43.9 Å². The molecule has 0 radical (unpaired) electrons. The van der Waals surface area contributed by atoms with Gasteiger partial charge in [0.2, 0.25) is 23.6 Å². The molecule has 5 amide bonds. The minimum absolute atomic E-state index is 0.00523. The molecule has 0 saturated carbocycles. The Kier molecular flexibility index (Phi) is 14.3. The van der Waals surface area contributed by atoms with E-state index in [4.69, 9.17) is 16.3 Å². The van der Waals surface area contributed by atoms with Crippen molar-refractivity contribution in [3.05, 3.63) is 69.1 Å². The topological polar surface area (TPSA) is 150 Å². The first-order valence-corrected chi connectivity index (χ1v) is 18.7. The molecule has 2 aliphatic rings. The second-order valence-electron chi connectivity index (χ2n) is 14.8. The zero-order valence-corrected chi connectivity index (χ0v) is 32.5. The van der Waals surface area contributed by atoms with Crippen molar-refractivity contribution < 1.29 is 28.7 Å². The molecule has 0 bridgehead atoms. The first-order valence-electron chi connectivity index (χ1n) is 18.3. The Hall–Kier alpha value is -4.65. The van der Waals surface area contributed by atoms with E-state index in [0.717, 1.165) is 42.4 Å². The molecular formula is C39H53ClN6O7. The van der Waals surface area contributed by atoms with Gasteiger partial charge in [-0.2, -0.15) is 0 Å². The van der Waals surface area contributed by atoms with Crippen molar-refractivity contribution in [1.82, 2.24) is 24.6 Å². The van der Waals surface area contributed by atoms with Gasteiger partial charge in [0.15, 0.2) is 0 Å². The number of hydrogen-bond donors (Lipinski definition) is 2. The van der Waals surface area contributed by atoms with Crippen LogP contribution in [-0.4, -0.2) is 101 Å². The lowest BCUT2D eigenvalue weighted by Gasteiger charge is -2.32. The van der Waals surface area contributed by atoms with Gasteiger partial charge in [0.1, 0.15) is 23.4 Å². The summed E-state index contributed by atoms with van der Waals surface area (Å²) in [5, 5.41) is 5.70. The van der Waals surface area contributed by atoms with E-state index >= 15 is 0 Å². The number of amides is 5. The molecule has 288 valence electrons. The van der Waals surface area contributed by atoms with E-state index in [2.05, 4.69) is 10.6 Å². The summed E-state index contributed by atoms with van der Waals surface area (Å²) in [6, 6.07) is 6.68. The minimum atomic E-state index is -0.950. The van der Waals surface area contributed by atoms with E-state index in [-0.39, 0.29) is 23.9 Å². The lowest BCUT2D eigenvalue weighted by molar-refractivity contribution is -0.143. The molecule has 2 aromatic rings. The summed E-state index contributed by atoms with van der Waals surface area (Å²) in [6.45, 7) is 7.84. The van der Waals surface area contributed by atoms with Gasteiger partial charge in [-0.15, -0.1) is 0 Å². The maximum Gasteiger partial charge on any atom is 0.412 e. The average Bonchev–Trinajstić information content (AvgIpc) is 3.10. The predicted octanol–water partition coefficient (Wildman–Crippen LogP) is 5.02. The van der Waals surface area contributed by atoms with Gasteiger partial charge in [-0.1, -0.05) is 49.4 Å². The number of hydrogen-bond acceptors (Lipinski definition) is 7. The van der Waals surface area contributed by atoms with Gasteiger partial charge in [-0.3, -0.25) is 29.3 Å². The highest BCUT2D eigenvalue weighted by atomic mass is 35.5. The normalized spacial score (nSPS) is 20.1. The quantitative estimate of drug-likeness (QED) is 0.436. The molecule has 1 fully saturated rings. The van der Waals surface area contributed by atoms with Gasteiger partial charge in [-0.25, -0.2) is 4.79 Å². The van der Waals surface area contributed by atoms with E-state index < -0.39 is 47.7 Å². The average molecular weight is 753 g/mol. The molecule has 4 rings (SSSR count). The number of nitrogens with one attached hydrogen (secondary N) is 2. The zero-order valence-electron chi connectivity index (χ0n) is 31.7. The zero-order chi connectivity index (χ0) is 38.9. The van der Waals surface area contributed by atoms with Crippen molar-refractivity contribution in [1.29, 1.82) is 0 Å². The molecule has 1 aromatic heterocycles. The van der Waals surface area contributed by atoms with E-state index in [1.165, 1.54) is 21.7 Å². The maximum absolute atomic E-state index is 14.1. The minimum Gasteiger partial charge on any atom is -0.444 e. The molecule has 13 nitrogen and oxygen atoms in total. The van der Waals surface area contributed by atoms with Crippen molar-refractivity contribution in [3.8, 4) is 0 Å². The van der Waals surface area contributed by atoms with Crippen molar-refractivity contribution in [2.75, 3.05) is 45.6 Å².